The van der Waals surface area contributed by atoms with Crippen LogP contribution in [0.3, 0.4) is 0 Å². The summed E-state index contributed by atoms with van der Waals surface area (Å²) in [7, 11) is 0. The Morgan fingerprint density at radius 1 is 0.392 bits per heavy atom. The minimum atomic E-state index is -0.935. The van der Waals surface area contributed by atoms with Gasteiger partial charge < -0.3 is 93.5 Å². The summed E-state index contributed by atoms with van der Waals surface area (Å²) in [6.07, 6.45) is 10.3. The lowest BCUT2D eigenvalue weighted by Gasteiger charge is -2.32. The number of rotatable bonds is 62. The van der Waals surface area contributed by atoms with Crippen molar-refractivity contribution in [3.05, 3.63) is 0 Å². The van der Waals surface area contributed by atoms with Gasteiger partial charge in [-0.15, -0.1) is 0 Å². The van der Waals surface area contributed by atoms with Gasteiger partial charge in [-0.05, 0) is 139 Å². The smallest absolute Gasteiger partial charge is 0.246 e. The maximum Gasteiger partial charge on any atom is 0.246 e. The van der Waals surface area contributed by atoms with Crippen molar-refractivity contribution in [3.63, 3.8) is 0 Å². The summed E-state index contributed by atoms with van der Waals surface area (Å²) in [6.45, 7) is 24.3. The second-order valence-corrected chi connectivity index (χ2v) is 25.9. The van der Waals surface area contributed by atoms with Gasteiger partial charge in [0.05, 0.1) is 93.4 Å². The Balaban J connectivity index is -0.00000819. The van der Waals surface area contributed by atoms with E-state index in [1.807, 2.05) is 27.7 Å². The Labute approximate surface area is 605 Å². The first kappa shape index (κ1) is 99.0. The Morgan fingerprint density at radius 3 is 1.13 bits per heavy atom. The third-order valence-electron chi connectivity index (χ3n) is 15.6. The molecule has 33 heteroatoms. The molecule has 590 valence electrons. The van der Waals surface area contributed by atoms with Gasteiger partial charge in [0.25, 0.3) is 0 Å². The van der Waals surface area contributed by atoms with Crippen molar-refractivity contribution in [2.24, 2.45) is 21.8 Å². The second-order valence-electron chi connectivity index (χ2n) is 25.9. The summed E-state index contributed by atoms with van der Waals surface area (Å²) in [5.41, 5.74) is 10.3. The number of nitrogens with one attached hydrogen (secondary N) is 11. The molecule has 0 rings (SSSR count). The van der Waals surface area contributed by atoms with E-state index in [0.717, 1.165) is 19.3 Å². The molecule has 0 aromatic carbocycles. The van der Waals surface area contributed by atoms with Crippen molar-refractivity contribution in [3.8, 4) is 0 Å². The highest BCUT2D eigenvalue weighted by atomic mass is 16.5. The van der Waals surface area contributed by atoms with Crippen LogP contribution in [0.4, 0.5) is 0 Å². The van der Waals surface area contributed by atoms with E-state index >= 15 is 0 Å². The average Bonchev–Trinajstić information content (AvgIpc) is 0.873. The zero-order chi connectivity index (χ0) is 77.6. The van der Waals surface area contributed by atoms with Crippen molar-refractivity contribution in [1.82, 2.24) is 58.5 Å². The van der Waals surface area contributed by atoms with E-state index in [1.165, 1.54) is 26.7 Å². The minimum absolute atomic E-state index is 0.00535. The summed E-state index contributed by atoms with van der Waals surface area (Å²) in [5.74, 6) is -3.45. The molecule has 0 saturated carbocycles. The number of primary amides is 2. The lowest BCUT2D eigenvalue weighted by atomic mass is 9.98. The number of ketones is 3. The van der Waals surface area contributed by atoms with Crippen molar-refractivity contribution in [1.29, 1.82) is 0 Å². The Hall–Kier alpha value is -7.14. The maximum atomic E-state index is 13.5. The highest BCUT2D eigenvalue weighted by molar-refractivity contribution is 5.91. The minimum Gasteiger partial charge on any atom is -0.411 e. The van der Waals surface area contributed by atoms with Crippen molar-refractivity contribution < 1.29 is 86.9 Å². The van der Waals surface area contributed by atoms with Crippen molar-refractivity contribution in [2.75, 3.05) is 112 Å². The fourth-order valence-corrected chi connectivity index (χ4v) is 8.52. The van der Waals surface area contributed by atoms with Gasteiger partial charge in [0.2, 0.25) is 53.2 Å². The van der Waals surface area contributed by atoms with Crippen LogP contribution in [0.25, 0.3) is 0 Å². The summed E-state index contributed by atoms with van der Waals surface area (Å²) < 4.78 is 21.5. The Bertz CT molecular complexity index is 2430. The standard InChI is InChI=1S/C59H109N15O17.C6H12O.C4H10/c1-41(75)35-67-46(55(60)83)17-9-12-25-63-53(81)39-90-33-32-89-30-28-65-54(82)40-91-34-31-88-29-27-64-50(78)21-15-20-49(77)62-24-13-11-19-48(57(85)66-26-14-10-18-47(56(61)84)68-36-42(2)76)72-52(80)23-16-22-51(79)71-45(37-69-58(5,6)43(3)73-86)38-70-59(7,8)44(4)74-87;1-3-4-5-6(2)7;1-3-4-2/h45-48,67-70,86-87H,9-40H2,1-8H3,(H2,60,83)(H2,61,84)(H,62,77)(H,63,81)(H,64,78)(H,65,82)(H,66,85)(H,71,79)(H,72,80);3-5H2,1-2H3;3-4H2,1-2H3/b73-43-,74-44-;;/t46-,47+,48-;;/m0../s1. The molecule has 0 unspecified atom stereocenters. The molecule has 0 bridgehead atoms. The quantitative estimate of drug-likeness (QED) is 0.0178. The van der Waals surface area contributed by atoms with Gasteiger partial charge in [0.15, 0.2) is 0 Å². The first-order valence-corrected chi connectivity index (χ1v) is 36.0. The first-order valence-electron chi connectivity index (χ1n) is 36.0. The molecule has 0 aliphatic heterocycles. The van der Waals surface area contributed by atoms with Crippen LogP contribution >= 0.6 is 0 Å². The SMILES string of the molecule is CC(=O)CN[C@@H](CCCCNC(=O)COCCOCCNC(=O)COCCOCCNC(=O)CCCC(=O)NCCCC[C@H](NC(=O)CCCC(=O)NC(CNC(C)(C)/C(C)=N\O)CNC(C)(C)/C(C)=N\O)C(=O)NCCCC[C@@H](NCC(C)=O)C(N)=O)C(N)=O.CCCC.CCCCC(C)=O. The molecule has 0 spiro atoms. The largest absolute Gasteiger partial charge is 0.411 e. The third kappa shape index (κ3) is 60.4. The molecular formula is C69H131N15O18. The van der Waals surface area contributed by atoms with Gasteiger partial charge in [-0.25, -0.2) is 0 Å². The van der Waals surface area contributed by atoms with Gasteiger partial charge in [-0.2, -0.15) is 0 Å². The van der Waals surface area contributed by atoms with E-state index in [0.29, 0.717) is 81.5 Å². The fourth-order valence-electron chi connectivity index (χ4n) is 8.52. The molecule has 0 aliphatic carbocycles. The normalized spacial score (nSPS) is 12.4. The maximum absolute atomic E-state index is 13.5. The number of hydrogen-bond acceptors (Lipinski definition) is 24. The van der Waals surface area contributed by atoms with Crippen LogP contribution in [-0.4, -0.2) is 239 Å². The van der Waals surface area contributed by atoms with E-state index in [4.69, 9.17) is 30.4 Å². The van der Waals surface area contributed by atoms with E-state index in [-0.39, 0.29) is 185 Å². The van der Waals surface area contributed by atoms with E-state index in [9.17, 15) is 67.9 Å². The lowest BCUT2D eigenvalue weighted by Crippen LogP contribution is -2.57. The number of carbonyl (C=O) groups excluding carboxylic acids is 12. The van der Waals surface area contributed by atoms with Gasteiger partial charge in [0.1, 0.15) is 36.6 Å². The highest BCUT2D eigenvalue weighted by Crippen LogP contribution is 2.10. The zero-order valence-corrected chi connectivity index (χ0v) is 63.4. The average molecular weight is 1460 g/mol. The molecule has 17 N–H and O–H groups in total. The number of Topliss-reactive ketones (excluding diaryl/α,β-unsaturated/α-hetero) is 3. The molecule has 0 radical (unpaired) electrons. The molecule has 0 aliphatic rings. The number of hydrogen-bond donors (Lipinski definition) is 15. The van der Waals surface area contributed by atoms with Crippen LogP contribution in [0.2, 0.25) is 0 Å². The monoisotopic (exact) mass is 1460 g/mol. The van der Waals surface area contributed by atoms with Crippen LogP contribution in [-0.2, 0) is 76.5 Å². The molecule has 33 nitrogen and oxygen atoms in total. The number of ether oxygens (including phenoxy) is 4. The summed E-state index contributed by atoms with van der Waals surface area (Å²) in [5, 5.41) is 57.0. The van der Waals surface area contributed by atoms with Gasteiger partial charge in [-0.3, -0.25) is 63.4 Å². The van der Waals surface area contributed by atoms with Crippen LogP contribution < -0.4 is 70.0 Å². The Kier molecular flexibility index (Phi) is 61.7. The Morgan fingerprint density at radius 2 is 0.755 bits per heavy atom. The number of nitrogens with zero attached hydrogens (tertiary/aromatic N) is 2. The van der Waals surface area contributed by atoms with Crippen LogP contribution in [0, 0.1) is 0 Å². The topological polar surface area (TPSA) is 491 Å². The lowest BCUT2D eigenvalue weighted by molar-refractivity contribution is -0.129. The number of oxime groups is 2. The van der Waals surface area contributed by atoms with Gasteiger partial charge >= 0.3 is 0 Å². The van der Waals surface area contributed by atoms with E-state index < -0.39 is 58.9 Å². The summed E-state index contributed by atoms with van der Waals surface area (Å²) >= 11 is 0. The third-order valence-corrected chi connectivity index (χ3v) is 15.6. The fraction of sp³-hybridized carbons (Fsp3) is 0.797. The number of unbranched alkanes of at least 4 members (excludes halogenated alkanes) is 5. The number of nitrogens with two attached hydrogens (primary N) is 2. The molecule has 9 amide bonds. The predicted molar refractivity (Wildman–Crippen MR) is 390 cm³/mol. The second kappa shape index (κ2) is 63.5. The highest BCUT2D eigenvalue weighted by Gasteiger charge is 2.28. The predicted octanol–water partition coefficient (Wildman–Crippen LogP) is 1.53. The van der Waals surface area contributed by atoms with E-state index in [2.05, 4.69) is 89.6 Å². The molecule has 3 atom stereocenters. The molecule has 0 saturated heterocycles. The molecule has 0 aromatic rings. The van der Waals surface area contributed by atoms with Crippen molar-refractivity contribution >= 4 is 81.9 Å². The van der Waals surface area contributed by atoms with Gasteiger partial charge in [-0.1, -0.05) is 50.3 Å². The molecule has 0 fully saturated rings. The molecule has 102 heavy (non-hydrogen) atoms. The molecule has 0 aromatic heterocycles. The number of amides is 9. The van der Waals surface area contributed by atoms with E-state index in [1.54, 1.807) is 20.8 Å². The summed E-state index contributed by atoms with van der Waals surface area (Å²) in [4.78, 5) is 145. The zero-order valence-electron chi connectivity index (χ0n) is 63.4. The first-order chi connectivity index (χ1) is 48.3. The van der Waals surface area contributed by atoms with Crippen LogP contribution in [0.5, 0.6) is 0 Å². The van der Waals surface area contributed by atoms with Crippen LogP contribution in [0.15, 0.2) is 10.3 Å². The summed E-state index contributed by atoms with van der Waals surface area (Å²) in [6, 6.07) is -2.73. The molecular weight excluding hydrogens is 1330 g/mol. The molecule has 0 heterocycles. The van der Waals surface area contributed by atoms with Crippen molar-refractivity contribution in [2.45, 2.75) is 247 Å². The number of carbonyl (C=O) groups is 12. The van der Waals surface area contributed by atoms with Crippen LogP contribution in [0.1, 0.15) is 212 Å². The van der Waals surface area contributed by atoms with Gasteiger partial charge in [0, 0.05) is 77.9 Å².